The Balaban J connectivity index is 1.02. The second-order valence-corrected chi connectivity index (χ2v) is 15.0. The van der Waals surface area contributed by atoms with Crippen molar-refractivity contribution in [3.63, 3.8) is 0 Å². The number of hydrogen-bond acceptors (Lipinski definition) is 7. The van der Waals surface area contributed by atoms with Gasteiger partial charge in [0, 0.05) is 35.4 Å². The Hall–Kier alpha value is -6.12. The van der Waals surface area contributed by atoms with E-state index in [2.05, 4.69) is 5.32 Å². The molecule has 1 aliphatic rings. The predicted molar refractivity (Wildman–Crippen MR) is 216 cm³/mol. The number of benzene rings is 6. The lowest BCUT2D eigenvalue weighted by atomic mass is 9.99. The number of halogens is 5. The largest absolute Gasteiger partial charge is 0.431 e. The SMILES string of the molecule is O=C(NCc1cccc(-c2cccc([C@H]3O[C@@H](CSc4nc(-c5ccccc5)c(-c5ccccc5)o4)C[C@@H](c4ccc(CO)cc4)O3)c2)c1)c1c(F)c(F)c(F)c(F)c1F. The number of aliphatic hydroxyl groups is 1. The van der Waals surface area contributed by atoms with Gasteiger partial charge in [0.2, 0.25) is 5.82 Å². The standard InChI is InChI=1S/C47H35F5N2O5S/c48-38-37(39(49)41(51)42(52)40(38)50)45(56)53-24-28-9-7-14-32(21-28)33-15-8-16-34(22-33)46-57-35(23-36(58-46)29-19-17-27(25-55)18-20-29)26-60-47-54-43(30-10-3-1-4-11-30)44(59-47)31-12-5-2-6-13-31/h1-22,35-36,46,55H,23-26H2,(H,53,56)/t35-,36+,46+/m1/s1. The topological polar surface area (TPSA) is 93.8 Å². The summed E-state index contributed by atoms with van der Waals surface area (Å²) in [5.74, 6) is -11.5. The summed E-state index contributed by atoms with van der Waals surface area (Å²) < 4.78 is 89.2. The van der Waals surface area contributed by atoms with Crippen LogP contribution in [0, 0.1) is 29.1 Å². The smallest absolute Gasteiger partial charge is 0.257 e. The Labute approximate surface area is 345 Å². The van der Waals surface area contributed by atoms with Crippen molar-refractivity contribution in [2.75, 3.05) is 5.75 Å². The van der Waals surface area contributed by atoms with Gasteiger partial charge in [0.1, 0.15) is 11.3 Å². The van der Waals surface area contributed by atoms with Crippen LogP contribution in [0.1, 0.15) is 51.4 Å². The van der Waals surface area contributed by atoms with Gasteiger partial charge in [-0.3, -0.25) is 4.79 Å². The fraction of sp³-hybridized carbons (Fsp3) is 0.149. The van der Waals surface area contributed by atoms with E-state index in [4.69, 9.17) is 18.9 Å². The summed E-state index contributed by atoms with van der Waals surface area (Å²) >= 11 is 1.45. The van der Waals surface area contributed by atoms with E-state index in [1.807, 2.05) is 115 Å². The minimum Gasteiger partial charge on any atom is -0.431 e. The third kappa shape index (κ3) is 8.75. The molecule has 0 aliphatic carbocycles. The molecule has 1 fully saturated rings. The molecule has 7 nitrogen and oxygen atoms in total. The zero-order valence-electron chi connectivity index (χ0n) is 31.6. The molecule has 1 amide bonds. The molecule has 0 saturated carbocycles. The number of aromatic nitrogens is 1. The maximum Gasteiger partial charge on any atom is 0.257 e. The van der Waals surface area contributed by atoms with E-state index in [0.29, 0.717) is 34.3 Å². The fourth-order valence-corrected chi connectivity index (χ4v) is 7.77. The monoisotopic (exact) mass is 834 g/mol. The van der Waals surface area contributed by atoms with Gasteiger partial charge >= 0.3 is 0 Å². The number of amides is 1. The first-order chi connectivity index (χ1) is 29.2. The van der Waals surface area contributed by atoms with E-state index in [9.17, 15) is 31.9 Å². The van der Waals surface area contributed by atoms with Crippen molar-refractivity contribution in [3.8, 4) is 33.7 Å². The van der Waals surface area contributed by atoms with Crippen molar-refractivity contribution in [3.05, 3.63) is 190 Å². The van der Waals surface area contributed by atoms with Gasteiger partial charge in [-0.25, -0.2) is 26.9 Å². The van der Waals surface area contributed by atoms with Crippen LogP contribution in [0.15, 0.2) is 143 Å². The molecule has 0 radical (unpaired) electrons. The Bertz CT molecular complexity index is 2540. The van der Waals surface area contributed by atoms with Crippen LogP contribution in [0.3, 0.4) is 0 Å². The van der Waals surface area contributed by atoms with E-state index in [1.165, 1.54) is 11.8 Å². The van der Waals surface area contributed by atoms with Crippen LogP contribution in [-0.4, -0.2) is 27.9 Å². The maximum atomic E-state index is 14.3. The first kappa shape index (κ1) is 40.7. The molecule has 13 heteroatoms. The van der Waals surface area contributed by atoms with Gasteiger partial charge < -0.3 is 24.3 Å². The van der Waals surface area contributed by atoms with E-state index < -0.39 is 46.8 Å². The number of carbonyl (C=O) groups excluding carboxylic acids is 1. The summed E-state index contributed by atoms with van der Waals surface area (Å²) in [6, 6.07) is 41.7. The van der Waals surface area contributed by atoms with Crippen LogP contribution >= 0.6 is 11.8 Å². The summed E-state index contributed by atoms with van der Waals surface area (Å²) in [6.07, 6.45) is -0.936. The molecule has 1 aromatic heterocycles. The number of aliphatic hydroxyl groups excluding tert-OH is 1. The van der Waals surface area contributed by atoms with Crippen LogP contribution in [0.4, 0.5) is 22.0 Å². The number of rotatable bonds is 12. The van der Waals surface area contributed by atoms with E-state index >= 15 is 0 Å². The van der Waals surface area contributed by atoms with Crippen LogP contribution < -0.4 is 5.32 Å². The minimum atomic E-state index is -2.34. The summed E-state index contributed by atoms with van der Waals surface area (Å²) in [6.45, 7) is -0.352. The molecule has 304 valence electrons. The summed E-state index contributed by atoms with van der Waals surface area (Å²) in [5, 5.41) is 12.4. The molecular weight excluding hydrogens is 800 g/mol. The predicted octanol–water partition coefficient (Wildman–Crippen LogP) is 11.1. The zero-order chi connectivity index (χ0) is 41.8. The highest BCUT2D eigenvalue weighted by Crippen LogP contribution is 2.42. The van der Waals surface area contributed by atoms with Gasteiger partial charge in [-0.2, -0.15) is 0 Å². The van der Waals surface area contributed by atoms with Crippen molar-refractivity contribution in [2.45, 2.75) is 43.3 Å². The molecule has 3 atom stereocenters. The van der Waals surface area contributed by atoms with Crippen LogP contribution in [0.5, 0.6) is 0 Å². The summed E-state index contributed by atoms with van der Waals surface area (Å²) in [5.41, 5.74) is 5.40. The number of oxazole rings is 1. The molecule has 2 heterocycles. The van der Waals surface area contributed by atoms with Gasteiger partial charge in [-0.05, 0) is 39.9 Å². The van der Waals surface area contributed by atoms with E-state index in [1.54, 1.807) is 18.2 Å². The molecule has 7 aromatic rings. The number of nitrogens with one attached hydrogen (secondary N) is 1. The first-order valence-corrected chi connectivity index (χ1v) is 19.9. The zero-order valence-corrected chi connectivity index (χ0v) is 32.4. The third-order valence-corrected chi connectivity index (χ3v) is 11.0. The molecule has 0 spiro atoms. The molecule has 2 N–H and O–H groups in total. The average molecular weight is 835 g/mol. The number of thioether (sulfide) groups is 1. The Kier molecular flexibility index (Phi) is 12.2. The van der Waals surface area contributed by atoms with Gasteiger partial charge in [-0.15, -0.1) is 0 Å². The van der Waals surface area contributed by atoms with Crippen LogP contribution in [-0.2, 0) is 22.6 Å². The molecular formula is C47H35F5N2O5S. The van der Waals surface area contributed by atoms with Crippen LogP contribution in [0.25, 0.3) is 33.7 Å². The van der Waals surface area contributed by atoms with Crippen molar-refractivity contribution >= 4 is 17.7 Å². The minimum absolute atomic E-state index is 0.0887. The number of hydrogen-bond donors (Lipinski definition) is 2. The van der Waals surface area contributed by atoms with Gasteiger partial charge in [-0.1, -0.05) is 133 Å². The third-order valence-electron chi connectivity index (χ3n) is 10.0. The molecule has 8 rings (SSSR count). The highest BCUT2D eigenvalue weighted by molar-refractivity contribution is 7.99. The first-order valence-electron chi connectivity index (χ1n) is 18.9. The van der Waals surface area contributed by atoms with E-state index in [-0.39, 0.29) is 25.4 Å². The molecule has 60 heavy (non-hydrogen) atoms. The summed E-state index contributed by atoms with van der Waals surface area (Å²) in [7, 11) is 0. The number of nitrogens with zero attached hydrogens (tertiary/aromatic N) is 1. The van der Waals surface area contributed by atoms with Gasteiger partial charge in [0.25, 0.3) is 11.1 Å². The molecule has 1 saturated heterocycles. The second-order valence-electron chi connectivity index (χ2n) is 14.0. The fourth-order valence-electron chi connectivity index (χ4n) is 6.93. The van der Waals surface area contributed by atoms with E-state index in [0.717, 1.165) is 39.1 Å². The number of ether oxygens (including phenoxy) is 2. The Morgan fingerprint density at radius 3 is 1.97 bits per heavy atom. The van der Waals surface area contributed by atoms with Crippen molar-refractivity contribution in [1.29, 1.82) is 0 Å². The molecule has 0 unspecified atom stereocenters. The lowest BCUT2D eigenvalue weighted by Crippen LogP contribution is -2.31. The Morgan fingerprint density at radius 2 is 1.28 bits per heavy atom. The van der Waals surface area contributed by atoms with Crippen molar-refractivity contribution < 1.29 is 45.7 Å². The van der Waals surface area contributed by atoms with Crippen molar-refractivity contribution in [1.82, 2.24) is 10.3 Å². The normalized spacial score (nSPS) is 16.5. The average Bonchev–Trinajstić information content (AvgIpc) is 3.74. The molecule has 1 aliphatic heterocycles. The second kappa shape index (κ2) is 18.0. The van der Waals surface area contributed by atoms with Crippen molar-refractivity contribution in [2.24, 2.45) is 0 Å². The van der Waals surface area contributed by atoms with Gasteiger partial charge in [0.05, 0.1) is 18.8 Å². The highest BCUT2D eigenvalue weighted by atomic mass is 32.2. The number of carbonyl (C=O) groups is 1. The highest BCUT2D eigenvalue weighted by Gasteiger charge is 2.33. The summed E-state index contributed by atoms with van der Waals surface area (Å²) in [4.78, 5) is 17.5. The quantitative estimate of drug-likeness (QED) is 0.0548. The maximum absolute atomic E-state index is 14.3. The molecule has 6 aromatic carbocycles. The lowest BCUT2D eigenvalue weighted by molar-refractivity contribution is -0.245. The van der Waals surface area contributed by atoms with Gasteiger partial charge in [0.15, 0.2) is 35.3 Å². The molecule has 0 bridgehead atoms. The Morgan fingerprint density at radius 1 is 0.667 bits per heavy atom. The lowest BCUT2D eigenvalue weighted by Gasteiger charge is -2.36. The van der Waals surface area contributed by atoms with Crippen LogP contribution in [0.2, 0.25) is 0 Å².